The van der Waals surface area contributed by atoms with Crippen LogP contribution in [-0.2, 0) is 80.9 Å². The molecule has 0 atom stereocenters. The summed E-state index contributed by atoms with van der Waals surface area (Å²) < 4.78 is 58.7. The Bertz CT molecular complexity index is 937. The van der Waals surface area contributed by atoms with Gasteiger partial charge in [-0.15, -0.1) is 5.06 Å². The summed E-state index contributed by atoms with van der Waals surface area (Å²) in [5, 5.41) is 19.7. The minimum Gasteiger partial charge on any atom is -0.394 e. The van der Waals surface area contributed by atoms with Gasteiger partial charge in [0.15, 0.2) is 0 Å². The Morgan fingerprint density at radius 1 is 0.473 bits per heavy atom. The summed E-state index contributed by atoms with van der Waals surface area (Å²) >= 11 is 0. The summed E-state index contributed by atoms with van der Waals surface area (Å²) in [6, 6.07) is 0. The molecule has 0 aliphatic carbocycles. The minimum absolute atomic E-state index is 0.0253. The first-order valence-electron chi connectivity index (χ1n) is 18.0. The van der Waals surface area contributed by atoms with E-state index < -0.39 is 17.8 Å². The molecule has 2 heterocycles. The number of hydrogen-bond donors (Lipinski definition) is 3. The molecule has 4 amide bonds. The maximum absolute atomic E-state index is 10.7. The summed E-state index contributed by atoms with van der Waals surface area (Å²) in [6.07, 6.45) is 2.66. The van der Waals surface area contributed by atoms with Crippen molar-refractivity contribution in [2.24, 2.45) is 0 Å². The van der Waals surface area contributed by atoms with E-state index >= 15 is 0 Å². The molecule has 21 nitrogen and oxygen atoms in total. The third kappa shape index (κ3) is 37.7. The van der Waals surface area contributed by atoms with Crippen molar-refractivity contribution in [3.05, 3.63) is 12.2 Å². The number of hydroxylamine groups is 2. The Balaban J connectivity index is 0.00000129. The van der Waals surface area contributed by atoms with Gasteiger partial charge in [-0.2, -0.15) is 0 Å². The van der Waals surface area contributed by atoms with Crippen molar-refractivity contribution in [1.82, 2.24) is 10.4 Å². The second-order valence-electron chi connectivity index (χ2n) is 10.5. The highest BCUT2D eigenvalue weighted by Gasteiger charge is 2.31. The van der Waals surface area contributed by atoms with Crippen LogP contribution in [0.5, 0.6) is 0 Å². The van der Waals surface area contributed by atoms with Crippen molar-refractivity contribution in [3.8, 4) is 0 Å². The molecule has 55 heavy (non-hydrogen) atoms. The van der Waals surface area contributed by atoms with Crippen LogP contribution < -0.4 is 5.32 Å². The highest BCUT2D eigenvalue weighted by molar-refractivity contribution is 6.12. The van der Waals surface area contributed by atoms with Crippen molar-refractivity contribution >= 4 is 29.6 Å². The second-order valence-corrected chi connectivity index (χ2v) is 10.5. The largest absolute Gasteiger partial charge is 0.394 e. The maximum atomic E-state index is 10.7. The van der Waals surface area contributed by atoms with E-state index in [1.807, 2.05) is 5.32 Å². The monoisotopic (exact) mass is 800 g/mol. The van der Waals surface area contributed by atoms with Gasteiger partial charge in [0.1, 0.15) is 0 Å². The normalized spacial score (nSPS) is 13.5. The van der Waals surface area contributed by atoms with Gasteiger partial charge in [-0.3, -0.25) is 24.5 Å². The van der Waals surface area contributed by atoms with E-state index in [9.17, 15) is 24.0 Å². The van der Waals surface area contributed by atoms with Crippen LogP contribution in [0.15, 0.2) is 12.2 Å². The van der Waals surface area contributed by atoms with Crippen molar-refractivity contribution in [2.75, 3.05) is 159 Å². The molecule has 0 aromatic carbocycles. The SMILES string of the molecule is CC(=O)ON1C(=O)CCC1=O.O=C1C=CC(=O)N1.OCCOCCOCCOCCOCCOCCOCCOCCOCCOCCOCCOCCO. The number of hydrogen-bond acceptors (Lipinski definition) is 19. The van der Waals surface area contributed by atoms with Gasteiger partial charge in [0.2, 0.25) is 0 Å². The van der Waals surface area contributed by atoms with E-state index in [0.29, 0.717) is 150 Å². The molecular weight excluding hydrogens is 740 g/mol. The molecule has 3 N–H and O–H groups in total. The third-order valence-electron chi connectivity index (χ3n) is 6.05. The fourth-order valence-electron chi connectivity index (χ4n) is 3.57. The van der Waals surface area contributed by atoms with Crippen LogP contribution in [-0.4, -0.2) is 203 Å². The first-order chi connectivity index (χ1) is 26.8. The smallest absolute Gasteiger partial charge is 0.330 e. The number of aliphatic hydroxyl groups is 2. The Labute approximate surface area is 321 Å². The quantitative estimate of drug-likeness (QED) is 0.0461. The predicted molar refractivity (Wildman–Crippen MR) is 188 cm³/mol. The lowest BCUT2D eigenvalue weighted by Gasteiger charge is -2.09. The Morgan fingerprint density at radius 3 is 0.855 bits per heavy atom. The molecule has 1 fully saturated rings. The summed E-state index contributed by atoms with van der Waals surface area (Å²) in [4.78, 5) is 56.2. The van der Waals surface area contributed by atoms with Crippen LogP contribution in [0.3, 0.4) is 0 Å². The molecule has 2 aliphatic rings. The van der Waals surface area contributed by atoms with Gasteiger partial charge in [0.25, 0.3) is 23.6 Å². The Hall–Kier alpha value is -3.03. The molecule has 0 unspecified atom stereocenters. The first kappa shape index (κ1) is 52.0. The minimum atomic E-state index is -0.659. The molecule has 0 saturated carbocycles. The van der Waals surface area contributed by atoms with Crippen molar-refractivity contribution in [1.29, 1.82) is 0 Å². The number of imide groups is 2. The molecular formula is C34H60N2O19. The summed E-state index contributed by atoms with van der Waals surface area (Å²) in [5.41, 5.74) is 0. The summed E-state index contributed by atoms with van der Waals surface area (Å²) in [6.45, 7) is 11.9. The van der Waals surface area contributed by atoms with Crippen molar-refractivity contribution in [3.63, 3.8) is 0 Å². The van der Waals surface area contributed by atoms with E-state index in [2.05, 4.69) is 4.84 Å². The average molecular weight is 801 g/mol. The van der Waals surface area contributed by atoms with E-state index in [1.54, 1.807) is 0 Å². The maximum Gasteiger partial charge on any atom is 0.330 e. The fourth-order valence-corrected chi connectivity index (χ4v) is 3.57. The standard InChI is InChI=1S/C24H50O13.C6H7NO4.C4H3NO2/c25-1-3-27-5-7-29-9-11-31-13-15-33-17-19-35-21-23-37-24-22-36-20-18-34-16-14-32-12-10-30-8-6-28-4-2-26;1-4(8)11-7-5(9)2-3-6(7)10;6-3-1-2-4(7)5-3/h25-26H,1-24H2;2-3H2,1H3;1-2H,(H,5,6,7). The lowest BCUT2D eigenvalue weighted by Crippen LogP contribution is -2.30. The number of amides is 4. The van der Waals surface area contributed by atoms with Crippen LogP contribution in [0, 0.1) is 0 Å². The van der Waals surface area contributed by atoms with E-state index in [-0.39, 0.29) is 37.9 Å². The van der Waals surface area contributed by atoms with Gasteiger partial charge >= 0.3 is 5.97 Å². The van der Waals surface area contributed by atoms with Gasteiger partial charge in [-0.1, -0.05) is 0 Å². The lowest BCUT2D eigenvalue weighted by atomic mass is 10.4. The number of ether oxygens (including phenoxy) is 11. The predicted octanol–water partition coefficient (Wildman–Crippen LogP) is -2.03. The second kappa shape index (κ2) is 40.6. The fraction of sp³-hybridized carbons (Fsp3) is 0.794. The van der Waals surface area contributed by atoms with Crippen LogP contribution in [0.4, 0.5) is 0 Å². The zero-order valence-electron chi connectivity index (χ0n) is 31.8. The lowest BCUT2D eigenvalue weighted by molar-refractivity contribution is -0.195. The van der Waals surface area contributed by atoms with E-state index in [0.717, 1.165) is 6.92 Å². The van der Waals surface area contributed by atoms with E-state index in [4.69, 9.17) is 62.3 Å². The van der Waals surface area contributed by atoms with E-state index in [1.165, 1.54) is 12.2 Å². The number of carbonyl (C=O) groups is 5. The van der Waals surface area contributed by atoms with Crippen molar-refractivity contribution < 1.29 is 91.1 Å². The van der Waals surface area contributed by atoms with Crippen LogP contribution in [0.2, 0.25) is 0 Å². The Morgan fingerprint density at radius 2 is 0.691 bits per heavy atom. The molecule has 320 valence electrons. The summed E-state index contributed by atoms with van der Waals surface area (Å²) in [7, 11) is 0. The molecule has 21 heteroatoms. The average Bonchev–Trinajstić information content (AvgIpc) is 3.71. The molecule has 1 saturated heterocycles. The summed E-state index contributed by atoms with van der Waals surface area (Å²) in [5.74, 6) is -2.22. The molecule has 2 aliphatic heterocycles. The highest BCUT2D eigenvalue weighted by atomic mass is 16.7. The number of aliphatic hydroxyl groups excluding tert-OH is 2. The molecule has 0 radical (unpaired) electrons. The Kier molecular flexibility index (Phi) is 38.4. The van der Waals surface area contributed by atoms with Gasteiger partial charge in [0, 0.05) is 31.9 Å². The number of nitrogens with one attached hydrogen (secondary N) is 1. The topological polar surface area (TPSA) is 252 Å². The van der Waals surface area contributed by atoms with Gasteiger partial charge < -0.3 is 67.2 Å². The first-order valence-corrected chi connectivity index (χ1v) is 18.0. The number of carbonyl (C=O) groups excluding carboxylic acids is 5. The zero-order chi connectivity index (χ0) is 40.5. The number of rotatable bonds is 35. The van der Waals surface area contributed by atoms with Gasteiger partial charge in [-0.05, 0) is 0 Å². The molecule has 0 aromatic heterocycles. The van der Waals surface area contributed by atoms with Crippen LogP contribution in [0.25, 0.3) is 0 Å². The van der Waals surface area contributed by atoms with Crippen LogP contribution in [0.1, 0.15) is 19.8 Å². The molecule has 0 spiro atoms. The molecule has 0 bridgehead atoms. The molecule has 0 aromatic rings. The zero-order valence-corrected chi connectivity index (χ0v) is 31.8. The third-order valence-corrected chi connectivity index (χ3v) is 6.05. The van der Waals surface area contributed by atoms with Gasteiger partial charge in [0.05, 0.1) is 159 Å². The molecule has 2 rings (SSSR count). The van der Waals surface area contributed by atoms with Gasteiger partial charge in [-0.25, -0.2) is 4.79 Å². The van der Waals surface area contributed by atoms with Crippen LogP contribution >= 0.6 is 0 Å². The number of nitrogens with zero attached hydrogens (tertiary/aromatic N) is 1. The highest BCUT2D eigenvalue weighted by Crippen LogP contribution is 2.11. The van der Waals surface area contributed by atoms with Crippen molar-refractivity contribution in [2.45, 2.75) is 19.8 Å².